The van der Waals surface area contributed by atoms with E-state index in [1.165, 1.54) is 19.2 Å². The van der Waals surface area contributed by atoms with Gasteiger partial charge in [0.05, 0.1) is 31.8 Å². The molecule has 0 saturated carbocycles. The first kappa shape index (κ1) is 22.0. The Hall–Kier alpha value is -3.85. The Morgan fingerprint density at radius 1 is 1.18 bits per heavy atom. The molecular weight excluding hydrogens is 433 g/mol. The molecule has 0 fully saturated rings. The van der Waals surface area contributed by atoms with Crippen LogP contribution in [0.5, 0.6) is 11.5 Å². The molecule has 1 unspecified atom stereocenters. The van der Waals surface area contributed by atoms with Crippen molar-refractivity contribution in [3.63, 3.8) is 0 Å². The number of rotatable bonds is 6. The molecule has 2 atom stereocenters. The molecule has 5 nitrogen and oxygen atoms in total. The third-order valence-corrected chi connectivity index (χ3v) is 6.65. The normalized spacial score (nSPS) is 17.9. The van der Waals surface area contributed by atoms with Gasteiger partial charge in [0.15, 0.2) is 0 Å². The van der Waals surface area contributed by atoms with Crippen molar-refractivity contribution in [1.29, 1.82) is 5.26 Å². The van der Waals surface area contributed by atoms with Gasteiger partial charge in [-0.3, -0.25) is 4.79 Å². The Kier molecular flexibility index (Phi) is 5.93. The van der Waals surface area contributed by atoms with Gasteiger partial charge in [0, 0.05) is 17.5 Å². The fourth-order valence-corrected chi connectivity index (χ4v) is 4.97. The summed E-state index contributed by atoms with van der Waals surface area (Å²) in [5.41, 5.74) is 5.57. The van der Waals surface area contributed by atoms with Gasteiger partial charge in [0.1, 0.15) is 23.4 Å². The zero-order valence-corrected chi connectivity index (χ0v) is 18.8. The maximum Gasteiger partial charge on any atom is 0.306 e. The quantitative estimate of drug-likeness (QED) is 0.464. The Morgan fingerprint density at radius 3 is 2.82 bits per heavy atom. The zero-order valence-electron chi connectivity index (χ0n) is 18.8. The number of benzene rings is 3. The minimum absolute atomic E-state index is 0.0153. The number of nitriles is 1. The highest BCUT2D eigenvalue weighted by atomic mass is 19.1. The maximum absolute atomic E-state index is 13.7. The van der Waals surface area contributed by atoms with Crippen molar-refractivity contribution in [3.05, 3.63) is 93.8 Å². The van der Waals surface area contributed by atoms with Crippen LogP contribution in [0.1, 0.15) is 58.2 Å². The largest absolute Gasteiger partial charge is 0.492 e. The van der Waals surface area contributed by atoms with Crippen molar-refractivity contribution >= 4 is 5.97 Å². The van der Waals surface area contributed by atoms with E-state index in [-0.39, 0.29) is 30.2 Å². The summed E-state index contributed by atoms with van der Waals surface area (Å²) >= 11 is 0. The van der Waals surface area contributed by atoms with Gasteiger partial charge < -0.3 is 14.2 Å². The summed E-state index contributed by atoms with van der Waals surface area (Å²) in [4.78, 5) is 11.7. The van der Waals surface area contributed by atoms with Crippen LogP contribution in [0.3, 0.4) is 0 Å². The SMILES string of the molecule is COC(=O)CC1COc2cc(O[C@@H]3CCc4c3ccc(C#N)c4Cc3cccc(F)c3)ccc21. The Balaban J connectivity index is 1.38. The van der Waals surface area contributed by atoms with E-state index in [0.717, 1.165) is 46.4 Å². The number of esters is 1. The van der Waals surface area contributed by atoms with Crippen molar-refractivity contribution in [2.75, 3.05) is 13.7 Å². The maximum atomic E-state index is 13.7. The minimum atomic E-state index is -0.280. The minimum Gasteiger partial charge on any atom is -0.492 e. The van der Waals surface area contributed by atoms with Crippen molar-refractivity contribution in [2.45, 2.75) is 37.7 Å². The summed E-state index contributed by atoms with van der Waals surface area (Å²) in [5.74, 6) is 0.883. The molecule has 1 heterocycles. The molecular formula is C28H24FNO4. The molecule has 6 heteroatoms. The molecule has 0 bridgehead atoms. The van der Waals surface area contributed by atoms with Gasteiger partial charge in [0.25, 0.3) is 0 Å². The topological polar surface area (TPSA) is 68.6 Å². The molecule has 1 aliphatic heterocycles. The number of ether oxygens (including phenoxy) is 3. The van der Waals surface area contributed by atoms with Crippen molar-refractivity contribution < 1.29 is 23.4 Å². The van der Waals surface area contributed by atoms with Crippen molar-refractivity contribution in [3.8, 4) is 17.6 Å². The lowest BCUT2D eigenvalue weighted by molar-refractivity contribution is -0.141. The Bertz CT molecular complexity index is 1300. The van der Waals surface area contributed by atoms with Crippen LogP contribution >= 0.6 is 0 Å². The van der Waals surface area contributed by atoms with Crippen LogP contribution in [0.15, 0.2) is 54.6 Å². The first-order chi connectivity index (χ1) is 16.6. The zero-order chi connectivity index (χ0) is 23.7. The number of hydrogen-bond acceptors (Lipinski definition) is 5. The lowest BCUT2D eigenvalue weighted by Gasteiger charge is -2.17. The van der Waals surface area contributed by atoms with E-state index in [9.17, 15) is 14.4 Å². The summed E-state index contributed by atoms with van der Waals surface area (Å²) in [6, 6.07) is 18.3. The van der Waals surface area contributed by atoms with Crippen LogP contribution in [-0.2, 0) is 22.4 Å². The fourth-order valence-electron chi connectivity index (χ4n) is 4.97. The molecule has 0 radical (unpaired) electrons. The van der Waals surface area contributed by atoms with Gasteiger partial charge >= 0.3 is 5.97 Å². The smallest absolute Gasteiger partial charge is 0.306 e. The van der Waals surface area contributed by atoms with E-state index in [2.05, 4.69) is 6.07 Å². The van der Waals surface area contributed by atoms with Crippen LogP contribution in [0.4, 0.5) is 4.39 Å². The second-order valence-corrected chi connectivity index (χ2v) is 8.71. The number of carbonyl (C=O) groups is 1. The molecule has 0 N–H and O–H groups in total. The lowest BCUT2D eigenvalue weighted by atomic mass is 9.92. The molecule has 34 heavy (non-hydrogen) atoms. The van der Waals surface area contributed by atoms with E-state index >= 15 is 0 Å². The summed E-state index contributed by atoms with van der Waals surface area (Å²) in [5, 5.41) is 9.67. The molecule has 3 aromatic rings. The van der Waals surface area contributed by atoms with E-state index in [0.29, 0.717) is 24.3 Å². The van der Waals surface area contributed by atoms with Gasteiger partial charge in [-0.25, -0.2) is 4.39 Å². The van der Waals surface area contributed by atoms with E-state index in [4.69, 9.17) is 14.2 Å². The van der Waals surface area contributed by atoms with Gasteiger partial charge in [-0.1, -0.05) is 24.3 Å². The van der Waals surface area contributed by atoms with E-state index < -0.39 is 0 Å². The first-order valence-electron chi connectivity index (χ1n) is 11.3. The lowest BCUT2D eigenvalue weighted by Crippen LogP contribution is -2.09. The van der Waals surface area contributed by atoms with Gasteiger partial charge in [-0.15, -0.1) is 0 Å². The Morgan fingerprint density at radius 2 is 2.03 bits per heavy atom. The highest BCUT2D eigenvalue weighted by Crippen LogP contribution is 2.42. The second kappa shape index (κ2) is 9.18. The predicted molar refractivity (Wildman–Crippen MR) is 123 cm³/mol. The number of carbonyl (C=O) groups excluding carboxylic acids is 1. The second-order valence-electron chi connectivity index (χ2n) is 8.71. The van der Waals surface area contributed by atoms with Crippen LogP contribution < -0.4 is 9.47 Å². The molecule has 0 spiro atoms. The number of fused-ring (bicyclic) bond motifs is 2. The third kappa shape index (κ3) is 4.22. The average Bonchev–Trinajstić information content (AvgIpc) is 3.43. The van der Waals surface area contributed by atoms with Crippen LogP contribution in [0, 0.1) is 17.1 Å². The van der Waals surface area contributed by atoms with E-state index in [1.807, 2.05) is 36.4 Å². The highest BCUT2D eigenvalue weighted by Gasteiger charge is 2.30. The molecule has 2 aliphatic rings. The van der Waals surface area contributed by atoms with Crippen LogP contribution in [-0.4, -0.2) is 19.7 Å². The summed E-state index contributed by atoms with van der Waals surface area (Å²) < 4.78 is 30.6. The molecule has 0 amide bonds. The highest BCUT2D eigenvalue weighted by molar-refractivity contribution is 5.71. The molecule has 172 valence electrons. The summed E-state index contributed by atoms with van der Waals surface area (Å²) in [7, 11) is 1.39. The summed E-state index contributed by atoms with van der Waals surface area (Å²) in [6.07, 6.45) is 2.24. The number of hydrogen-bond donors (Lipinski definition) is 0. The van der Waals surface area contributed by atoms with Gasteiger partial charge in [-0.05, 0) is 65.8 Å². The predicted octanol–water partition coefficient (Wildman–Crippen LogP) is 5.39. The molecule has 3 aromatic carbocycles. The van der Waals surface area contributed by atoms with Crippen molar-refractivity contribution in [1.82, 2.24) is 0 Å². The molecule has 5 rings (SSSR count). The third-order valence-electron chi connectivity index (χ3n) is 6.65. The average molecular weight is 458 g/mol. The molecule has 0 aromatic heterocycles. The molecule has 0 saturated heterocycles. The number of nitrogens with zero attached hydrogens (tertiary/aromatic N) is 1. The van der Waals surface area contributed by atoms with E-state index in [1.54, 1.807) is 6.07 Å². The van der Waals surface area contributed by atoms with Gasteiger partial charge in [-0.2, -0.15) is 5.26 Å². The Labute approximate surface area is 197 Å². The van der Waals surface area contributed by atoms with Crippen LogP contribution in [0.2, 0.25) is 0 Å². The standard InChI is InChI=1S/C28H24FNO4/c1-32-28(31)13-19-16-33-27-14-21(6-8-22(19)27)34-26-10-9-23-24(26)7-5-18(15-30)25(23)12-17-3-2-4-20(29)11-17/h2-8,11,14,19,26H,9-10,12-13,16H2,1H3/t19?,26-/m1/s1. The molecule has 1 aliphatic carbocycles. The number of halogens is 1. The first-order valence-corrected chi connectivity index (χ1v) is 11.3. The van der Waals surface area contributed by atoms with Crippen molar-refractivity contribution in [2.24, 2.45) is 0 Å². The number of methoxy groups -OCH3 is 1. The van der Waals surface area contributed by atoms with Crippen LogP contribution in [0.25, 0.3) is 0 Å². The summed E-state index contributed by atoms with van der Waals surface area (Å²) in [6.45, 7) is 0.445. The van der Waals surface area contributed by atoms with Gasteiger partial charge in [0.2, 0.25) is 0 Å². The monoisotopic (exact) mass is 457 g/mol. The fraction of sp³-hybridized carbons (Fsp3) is 0.286.